The lowest BCUT2D eigenvalue weighted by molar-refractivity contribution is -0.117. The summed E-state index contributed by atoms with van der Waals surface area (Å²) in [6.45, 7) is 1.88. The van der Waals surface area contributed by atoms with Crippen molar-refractivity contribution < 1.29 is 23.9 Å². The number of esters is 1. The first kappa shape index (κ1) is 26.6. The summed E-state index contributed by atoms with van der Waals surface area (Å²) in [6, 6.07) is 28.8. The van der Waals surface area contributed by atoms with Gasteiger partial charge in [-0.25, -0.2) is 4.79 Å². The number of carbonyl (C=O) groups excluding carboxylic acids is 4. The van der Waals surface area contributed by atoms with Gasteiger partial charge in [-0.15, -0.1) is 0 Å². The van der Waals surface area contributed by atoms with Gasteiger partial charge in [0, 0.05) is 28.5 Å². The molecule has 4 aromatic carbocycles. The van der Waals surface area contributed by atoms with Gasteiger partial charge >= 0.3 is 5.97 Å². The number of hydrogen-bond donors (Lipinski definition) is 3. The third-order valence-electron chi connectivity index (χ3n) is 5.53. The van der Waals surface area contributed by atoms with E-state index in [2.05, 4.69) is 16.2 Å². The van der Waals surface area contributed by atoms with Crippen LogP contribution in [-0.4, -0.2) is 23.7 Å². The minimum absolute atomic E-state index is 0.265. The number of nitrogens with one attached hydrogen (secondary N) is 3. The largest absolute Gasteiger partial charge is 0.422 e. The van der Waals surface area contributed by atoms with Crippen molar-refractivity contribution in [2.24, 2.45) is 0 Å². The lowest BCUT2D eigenvalue weighted by Crippen LogP contribution is -2.40. The highest BCUT2D eigenvalue weighted by molar-refractivity contribution is 6.04. The molecule has 8 heteroatoms. The second kappa shape index (κ2) is 12.6. The monoisotopic (exact) mass is 519 g/mol. The molecule has 4 aromatic rings. The van der Waals surface area contributed by atoms with Crippen molar-refractivity contribution in [2.45, 2.75) is 6.92 Å². The SMILES string of the molecule is Cc1cccc(C(=O)Oc2ccccc2/C=C/C(=O)NNC(=O)c2ccc(NC(=O)c3ccccc3)cc2)c1. The van der Waals surface area contributed by atoms with Gasteiger partial charge in [0.05, 0.1) is 5.56 Å². The van der Waals surface area contributed by atoms with Crippen LogP contribution >= 0.6 is 0 Å². The first-order valence-electron chi connectivity index (χ1n) is 12.0. The van der Waals surface area contributed by atoms with E-state index >= 15 is 0 Å². The first-order chi connectivity index (χ1) is 18.9. The molecule has 0 aliphatic heterocycles. The molecule has 0 spiro atoms. The topological polar surface area (TPSA) is 114 Å². The number of aryl methyl sites for hydroxylation is 1. The van der Waals surface area contributed by atoms with Gasteiger partial charge in [0.15, 0.2) is 0 Å². The number of ether oxygens (including phenoxy) is 1. The van der Waals surface area contributed by atoms with Crippen LogP contribution in [0.15, 0.2) is 109 Å². The van der Waals surface area contributed by atoms with Crippen LogP contribution < -0.4 is 20.9 Å². The lowest BCUT2D eigenvalue weighted by atomic mass is 10.1. The normalized spacial score (nSPS) is 10.5. The van der Waals surface area contributed by atoms with Crippen LogP contribution in [0, 0.1) is 6.92 Å². The third-order valence-corrected chi connectivity index (χ3v) is 5.53. The molecule has 0 aromatic heterocycles. The molecule has 0 bridgehead atoms. The second-order valence-electron chi connectivity index (χ2n) is 8.47. The fraction of sp³-hybridized carbons (Fsp3) is 0.0323. The Hall–Kier alpha value is -5.50. The molecule has 0 unspecified atom stereocenters. The summed E-state index contributed by atoms with van der Waals surface area (Å²) < 4.78 is 5.52. The van der Waals surface area contributed by atoms with Gasteiger partial charge in [-0.3, -0.25) is 25.2 Å². The van der Waals surface area contributed by atoms with Crippen molar-refractivity contribution in [1.82, 2.24) is 10.9 Å². The Morgan fingerprint density at radius 2 is 1.33 bits per heavy atom. The summed E-state index contributed by atoms with van der Waals surface area (Å²) >= 11 is 0. The summed E-state index contributed by atoms with van der Waals surface area (Å²) in [5.41, 5.74) is 7.82. The molecule has 194 valence electrons. The van der Waals surface area contributed by atoms with E-state index in [4.69, 9.17) is 4.74 Å². The maximum absolute atomic E-state index is 12.5. The Kier molecular flexibility index (Phi) is 8.61. The average molecular weight is 520 g/mol. The number of para-hydroxylation sites is 1. The van der Waals surface area contributed by atoms with Crippen LogP contribution in [-0.2, 0) is 4.79 Å². The minimum atomic E-state index is -0.588. The summed E-state index contributed by atoms with van der Waals surface area (Å²) in [4.78, 5) is 49.5. The highest BCUT2D eigenvalue weighted by Crippen LogP contribution is 2.21. The van der Waals surface area contributed by atoms with E-state index in [0.717, 1.165) is 5.56 Å². The number of carbonyl (C=O) groups is 4. The second-order valence-corrected chi connectivity index (χ2v) is 8.47. The van der Waals surface area contributed by atoms with E-state index in [1.54, 1.807) is 78.9 Å². The highest BCUT2D eigenvalue weighted by atomic mass is 16.5. The predicted octanol–water partition coefficient (Wildman–Crippen LogP) is 4.94. The van der Waals surface area contributed by atoms with Crippen LogP contribution in [0.2, 0.25) is 0 Å². The molecule has 0 fully saturated rings. The van der Waals surface area contributed by atoms with Gasteiger partial charge in [0.2, 0.25) is 0 Å². The van der Waals surface area contributed by atoms with E-state index < -0.39 is 17.8 Å². The van der Waals surface area contributed by atoms with Gasteiger partial charge in [-0.05, 0) is 67.6 Å². The maximum Gasteiger partial charge on any atom is 0.343 e. The number of hydrazine groups is 1. The molecule has 0 saturated heterocycles. The molecular weight excluding hydrogens is 494 g/mol. The van der Waals surface area contributed by atoms with Crippen LogP contribution in [0.1, 0.15) is 42.2 Å². The van der Waals surface area contributed by atoms with Gasteiger partial charge in [0.1, 0.15) is 5.75 Å². The predicted molar refractivity (Wildman–Crippen MR) is 148 cm³/mol. The molecule has 0 heterocycles. The van der Waals surface area contributed by atoms with Crippen molar-refractivity contribution in [3.63, 3.8) is 0 Å². The van der Waals surface area contributed by atoms with Crippen molar-refractivity contribution in [3.8, 4) is 5.75 Å². The van der Waals surface area contributed by atoms with Crippen LogP contribution in [0.4, 0.5) is 5.69 Å². The molecule has 3 N–H and O–H groups in total. The summed E-state index contributed by atoms with van der Waals surface area (Å²) in [5.74, 6) is -1.61. The lowest BCUT2D eigenvalue weighted by Gasteiger charge is -2.09. The quantitative estimate of drug-likeness (QED) is 0.139. The standard InChI is InChI=1S/C31H25N3O5/c1-21-8-7-12-25(20-21)31(38)39-27-13-6-5-9-22(27)16-19-28(35)33-34-30(37)24-14-17-26(18-15-24)32-29(36)23-10-3-2-4-11-23/h2-20H,1H3,(H,32,36)(H,33,35)(H,34,37)/b19-16+. The average Bonchev–Trinajstić information content (AvgIpc) is 2.96. The van der Waals surface area contributed by atoms with E-state index in [1.807, 2.05) is 19.1 Å². The third kappa shape index (κ3) is 7.50. The zero-order chi connectivity index (χ0) is 27.6. The fourth-order valence-corrected chi connectivity index (χ4v) is 3.54. The Balaban J connectivity index is 1.30. The zero-order valence-electron chi connectivity index (χ0n) is 21.0. The number of hydrogen-bond acceptors (Lipinski definition) is 5. The Morgan fingerprint density at radius 1 is 0.667 bits per heavy atom. The van der Waals surface area contributed by atoms with Crippen molar-refractivity contribution >= 4 is 35.5 Å². The number of anilines is 1. The molecule has 0 saturated carbocycles. The molecule has 0 atom stereocenters. The molecule has 3 amide bonds. The Morgan fingerprint density at radius 3 is 2.08 bits per heavy atom. The van der Waals surface area contributed by atoms with Crippen LogP contribution in [0.5, 0.6) is 5.75 Å². The Bertz CT molecular complexity index is 1530. The first-order valence-corrected chi connectivity index (χ1v) is 12.0. The molecule has 39 heavy (non-hydrogen) atoms. The Labute approximate surface area is 225 Å². The summed E-state index contributed by atoms with van der Waals surface area (Å²) in [5, 5.41) is 2.75. The van der Waals surface area contributed by atoms with E-state index in [0.29, 0.717) is 22.4 Å². The van der Waals surface area contributed by atoms with E-state index in [9.17, 15) is 19.2 Å². The molecular formula is C31H25N3O5. The number of amides is 3. The molecule has 0 aliphatic rings. The summed E-state index contributed by atoms with van der Waals surface area (Å²) in [7, 11) is 0. The highest BCUT2D eigenvalue weighted by Gasteiger charge is 2.12. The molecule has 0 radical (unpaired) electrons. The van der Waals surface area contributed by atoms with Gasteiger partial charge < -0.3 is 10.1 Å². The van der Waals surface area contributed by atoms with Crippen molar-refractivity contribution in [3.05, 3.63) is 137 Å². The fourth-order valence-electron chi connectivity index (χ4n) is 3.54. The smallest absolute Gasteiger partial charge is 0.343 e. The van der Waals surface area contributed by atoms with Gasteiger partial charge in [-0.2, -0.15) is 0 Å². The molecule has 0 aliphatic carbocycles. The van der Waals surface area contributed by atoms with Crippen LogP contribution in [0.25, 0.3) is 6.08 Å². The van der Waals surface area contributed by atoms with Crippen molar-refractivity contribution in [2.75, 3.05) is 5.32 Å². The number of benzene rings is 4. The van der Waals surface area contributed by atoms with Crippen molar-refractivity contribution in [1.29, 1.82) is 0 Å². The minimum Gasteiger partial charge on any atom is -0.422 e. The van der Waals surface area contributed by atoms with E-state index in [1.165, 1.54) is 24.3 Å². The van der Waals surface area contributed by atoms with Crippen LogP contribution in [0.3, 0.4) is 0 Å². The maximum atomic E-state index is 12.5. The van der Waals surface area contributed by atoms with Gasteiger partial charge in [0.25, 0.3) is 17.7 Å². The zero-order valence-corrected chi connectivity index (χ0v) is 21.0. The number of rotatable bonds is 7. The van der Waals surface area contributed by atoms with E-state index in [-0.39, 0.29) is 17.2 Å². The van der Waals surface area contributed by atoms with Gasteiger partial charge in [-0.1, -0.05) is 54.1 Å². The molecule has 8 nitrogen and oxygen atoms in total. The summed E-state index contributed by atoms with van der Waals surface area (Å²) in [6.07, 6.45) is 2.69. The molecule has 4 rings (SSSR count).